The molecule has 3 rings (SSSR count). The lowest BCUT2D eigenvalue weighted by atomic mass is 9.93. The minimum Gasteiger partial charge on any atom is -0.331 e. The first-order valence-electron chi connectivity index (χ1n) is 5.61. The molecule has 0 unspecified atom stereocenters. The highest BCUT2D eigenvalue weighted by atomic mass is 32.1. The molecule has 1 fully saturated rings. The van der Waals surface area contributed by atoms with Crippen molar-refractivity contribution in [3.8, 4) is 0 Å². The summed E-state index contributed by atoms with van der Waals surface area (Å²) in [5.41, 5.74) is 0.351. The highest BCUT2D eigenvalue weighted by Crippen LogP contribution is 2.30. The van der Waals surface area contributed by atoms with Crippen molar-refractivity contribution in [3.05, 3.63) is 39.1 Å². The zero-order valence-corrected chi connectivity index (χ0v) is 9.89. The molecule has 0 atom stereocenters. The van der Waals surface area contributed by atoms with E-state index in [0.29, 0.717) is 15.7 Å². The summed E-state index contributed by atoms with van der Waals surface area (Å²) in [5.74, 6) is -0.371. The Morgan fingerprint density at radius 3 is 2.82 bits per heavy atom. The van der Waals surface area contributed by atoms with Crippen molar-refractivity contribution in [3.63, 3.8) is 0 Å². The molecule has 3 nitrogen and oxygen atoms in total. The van der Waals surface area contributed by atoms with Crippen LogP contribution < -0.4 is 5.56 Å². The molecule has 88 valence electrons. The van der Waals surface area contributed by atoms with Gasteiger partial charge in [-0.25, -0.2) is 4.39 Å². The van der Waals surface area contributed by atoms with Crippen molar-refractivity contribution in [2.24, 2.45) is 0 Å². The fourth-order valence-corrected chi connectivity index (χ4v) is 2.52. The molecule has 1 aliphatic rings. The highest BCUT2D eigenvalue weighted by molar-refractivity contribution is 7.71. The summed E-state index contributed by atoms with van der Waals surface area (Å²) < 4.78 is 15.1. The number of H-pyrrole nitrogens is 1. The summed E-state index contributed by atoms with van der Waals surface area (Å²) in [5, 5.41) is 0.492. The summed E-state index contributed by atoms with van der Waals surface area (Å²) in [4.78, 5) is 15.2. The van der Waals surface area contributed by atoms with Gasteiger partial charge in [-0.1, -0.05) is 0 Å². The van der Waals surface area contributed by atoms with E-state index in [9.17, 15) is 9.18 Å². The molecule has 0 amide bonds. The van der Waals surface area contributed by atoms with Crippen molar-refractivity contribution in [2.45, 2.75) is 25.3 Å². The van der Waals surface area contributed by atoms with Crippen molar-refractivity contribution in [1.29, 1.82) is 0 Å². The van der Waals surface area contributed by atoms with E-state index in [-0.39, 0.29) is 17.4 Å². The summed E-state index contributed by atoms with van der Waals surface area (Å²) in [6.07, 6.45) is 3.11. The van der Waals surface area contributed by atoms with Crippen molar-refractivity contribution >= 4 is 23.1 Å². The molecular formula is C12H11FN2OS. The zero-order valence-electron chi connectivity index (χ0n) is 9.07. The smallest absolute Gasteiger partial charge is 0.262 e. The Hall–Kier alpha value is -1.49. The van der Waals surface area contributed by atoms with Gasteiger partial charge in [-0.15, -0.1) is 0 Å². The van der Waals surface area contributed by atoms with Crippen LogP contribution in [0.3, 0.4) is 0 Å². The Balaban J connectivity index is 2.35. The van der Waals surface area contributed by atoms with Crippen molar-refractivity contribution in [1.82, 2.24) is 9.55 Å². The van der Waals surface area contributed by atoms with E-state index in [2.05, 4.69) is 4.98 Å². The first-order chi connectivity index (χ1) is 8.16. The van der Waals surface area contributed by atoms with Crippen LogP contribution in [-0.2, 0) is 0 Å². The Morgan fingerprint density at radius 2 is 2.18 bits per heavy atom. The summed E-state index contributed by atoms with van der Waals surface area (Å²) >= 11 is 5.17. The van der Waals surface area contributed by atoms with Crippen molar-refractivity contribution < 1.29 is 4.39 Å². The van der Waals surface area contributed by atoms with Gasteiger partial charge < -0.3 is 4.98 Å². The summed E-state index contributed by atoms with van der Waals surface area (Å²) in [7, 11) is 0. The lowest BCUT2D eigenvalue weighted by molar-refractivity contribution is 0.302. The van der Waals surface area contributed by atoms with Crippen LogP contribution in [0.15, 0.2) is 23.0 Å². The number of aromatic amines is 1. The molecule has 1 saturated carbocycles. The average molecular weight is 250 g/mol. The van der Waals surface area contributed by atoms with Crippen LogP contribution >= 0.6 is 12.2 Å². The van der Waals surface area contributed by atoms with Gasteiger partial charge in [0.2, 0.25) is 0 Å². The number of fused-ring (bicyclic) bond motifs is 1. The minimum absolute atomic E-state index is 0.117. The molecule has 0 saturated heterocycles. The van der Waals surface area contributed by atoms with E-state index in [1.807, 2.05) is 0 Å². The molecule has 2 aromatic rings. The molecule has 0 aliphatic heterocycles. The second-order valence-electron chi connectivity index (χ2n) is 4.38. The largest absolute Gasteiger partial charge is 0.331 e. The van der Waals surface area contributed by atoms with Crippen LogP contribution in [0.25, 0.3) is 10.9 Å². The van der Waals surface area contributed by atoms with Gasteiger partial charge >= 0.3 is 0 Å². The number of rotatable bonds is 1. The van der Waals surface area contributed by atoms with Crippen LogP contribution in [0.4, 0.5) is 4.39 Å². The molecule has 0 radical (unpaired) electrons. The number of hydrogen-bond acceptors (Lipinski definition) is 2. The van der Waals surface area contributed by atoms with Gasteiger partial charge in [0.15, 0.2) is 4.77 Å². The number of hydrogen-bond donors (Lipinski definition) is 1. The molecule has 1 N–H and O–H groups in total. The standard InChI is InChI=1S/C12H11FN2OS/c13-7-4-5-9-10(6-7)14-12(17)15(11(9)16)8-2-1-3-8/h4-6,8H,1-3H2,(H,14,17). The second-order valence-corrected chi connectivity index (χ2v) is 4.77. The Bertz CT molecular complexity index is 700. The molecule has 1 heterocycles. The van der Waals surface area contributed by atoms with E-state index >= 15 is 0 Å². The molecule has 5 heteroatoms. The third-order valence-corrected chi connectivity index (χ3v) is 3.63. The van der Waals surface area contributed by atoms with E-state index in [1.165, 1.54) is 18.2 Å². The Kier molecular flexibility index (Phi) is 2.36. The number of nitrogens with one attached hydrogen (secondary N) is 1. The van der Waals surface area contributed by atoms with Gasteiger partial charge in [-0.05, 0) is 49.7 Å². The summed E-state index contributed by atoms with van der Waals surface area (Å²) in [6.45, 7) is 0. The van der Waals surface area contributed by atoms with Crippen LogP contribution in [0.5, 0.6) is 0 Å². The Morgan fingerprint density at radius 1 is 1.41 bits per heavy atom. The monoisotopic (exact) mass is 250 g/mol. The van der Waals surface area contributed by atoms with E-state index in [1.54, 1.807) is 4.57 Å². The van der Waals surface area contributed by atoms with E-state index < -0.39 is 0 Å². The topological polar surface area (TPSA) is 37.8 Å². The third kappa shape index (κ3) is 1.61. The third-order valence-electron chi connectivity index (χ3n) is 3.33. The molecule has 1 aromatic carbocycles. The number of aromatic nitrogens is 2. The maximum Gasteiger partial charge on any atom is 0.262 e. The van der Waals surface area contributed by atoms with Crippen LogP contribution in [0.1, 0.15) is 25.3 Å². The van der Waals surface area contributed by atoms with Gasteiger partial charge in [0, 0.05) is 6.04 Å². The van der Waals surface area contributed by atoms with E-state index in [4.69, 9.17) is 12.2 Å². The molecule has 0 spiro atoms. The highest BCUT2D eigenvalue weighted by Gasteiger charge is 2.22. The van der Waals surface area contributed by atoms with Crippen molar-refractivity contribution in [2.75, 3.05) is 0 Å². The minimum atomic E-state index is -0.371. The molecular weight excluding hydrogens is 239 g/mol. The van der Waals surface area contributed by atoms with Crippen LogP contribution in [-0.4, -0.2) is 9.55 Å². The fraction of sp³-hybridized carbons (Fsp3) is 0.333. The quantitative estimate of drug-likeness (QED) is 0.790. The SMILES string of the molecule is O=c1c2ccc(F)cc2[nH]c(=S)n1C1CCC1. The van der Waals surface area contributed by atoms with Gasteiger partial charge in [-0.3, -0.25) is 9.36 Å². The first-order valence-corrected chi connectivity index (χ1v) is 6.02. The Labute approximate surface area is 102 Å². The van der Waals surface area contributed by atoms with Crippen LogP contribution in [0, 0.1) is 10.6 Å². The van der Waals surface area contributed by atoms with Gasteiger partial charge in [0.1, 0.15) is 5.82 Å². The number of nitrogens with zero attached hydrogens (tertiary/aromatic N) is 1. The number of benzene rings is 1. The molecule has 1 aliphatic carbocycles. The predicted molar refractivity (Wildman–Crippen MR) is 66.2 cm³/mol. The molecule has 0 bridgehead atoms. The predicted octanol–water partition coefficient (Wildman–Crippen LogP) is 2.92. The lowest BCUT2D eigenvalue weighted by Gasteiger charge is -2.27. The first kappa shape index (κ1) is 10.7. The molecule has 1 aromatic heterocycles. The maximum absolute atomic E-state index is 13.1. The lowest BCUT2D eigenvalue weighted by Crippen LogP contribution is -2.30. The normalized spacial score (nSPS) is 16.1. The fourth-order valence-electron chi connectivity index (χ4n) is 2.18. The van der Waals surface area contributed by atoms with Gasteiger partial charge in [0.05, 0.1) is 10.9 Å². The molecule has 17 heavy (non-hydrogen) atoms. The zero-order chi connectivity index (χ0) is 12.0. The second kappa shape index (κ2) is 3.77. The average Bonchev–Trinajstić information content (AvgIpc) is 2.20. The summed E-state index contributed by atoms with van der Waals surface area (Å²) in [6, 6.07) is 4.32. The maximum atomic E-state index is 13.1. The number of halogens is 1. The van der Waals surface area contributed by atoms with Gasteiger partial charge in [-0.2, -0.15) is 0 Å². The van der Waals surface area contributed by atoms with E-state index in [0.717, 1.165) is 19.3 Å². The van der Waals surface area contributed by atoms with Gasteiger partial charge in [0.25, 0.3) is 5.56 Å². The van der Waals surface area contributed by atoms with Crippen LogP contribution in [0.2, 0.25) is 0 Å².